The first-order valence-corrected chi connectivity index (χ1v) is 3.41. The first-order valence-electron chi connectivity index (χ1n) is 1.65. The highest BCUT2D eigenvalue weighted by Crippen LogP contribution is 2.07. The van der Waals surface area contributed by atoms with Crippen LogP contribution in [0.2, 0.25) is 0 Å². The van der Waals surface area contributed by atoms with Crippen LogP contribution in [0.25, 0.3) is 0 Å². The Labute approximate surface area is 63.6 Å². The molecule has 1 rings (SSSR count). The first-order chi connectivity index (χ1) is 3.30. The van der Waals surface area contributed by atoms with Gasteiger partial charge in [0, 0.05) is 12.4 Å². The smallest absolute Gasteiger partial charge is 0.186 e. The molecule has 1 aromatic rings. The van der Waals surface area contributed by atoms with E-state index in [2.05, 4.69) is 43.8 Å². The van der Waals surface area contributed by atoms with Crippen LogP contribution >= 0.6 is 38.8 Å². The molecule has 0 aliphatic carbocycles. The highest BCUT2D eigenvalue weighted by atomic mass is 127. The molecule has 0 aliphatic rings. The molecule has 0 aromatic carbocycles. The second kappa shape index (κ2) is 2.13. The van der Waals surface area contributed by atoms with Crippen LogP contribution < -0.4 is 0 Å². The topological polar surface area (TPSA) is 17.8 Å². The lowest BCUT2D eigenvalue weighted by molar-refractivity contribution is 1.21. The van der Waals surface area contributed by atoms with E-state index >= 15 is 0 Å². The molecule has 1 heterocycles. The summed E-state index contributed by atoms with van der Waals surface area (Å²) in [4.78, 5) is 3.89. The average Bonchev–Trinajstić information content (AvgIpc) is 1.91. The molecular formula is C3H2BrIN2. The van der Waals surface area contributed by atoms with Crippen molar-refractivity contribution in [3.8, 4) is 0 Å². The van der Waals surface area contributed by atoms with Gasteiger partial charge in [-0.1, -0.05) is 0 Å². The van der Waals surface area contributed by atoms with Crippen molar-refractivity contribution >= 4 is 38.8 Å². The van der Waals surface area contributed by atoms with Gasteiger partial charge in [-0.25, -0.2) is 4.98 Å². The van der Waals surface area contributed by atoms with E-state index in [0.717, 1.165) is 4.73 Å². The molecule has 0 atom stereocenters. The summed E-state index contributed by atoms with van der Waals surface area (Å²) in [5.74, 6) is 0. The molecule has 0 N–H and O–H groups in total. The predicted octanol–water partition coefficient (Wildman–Crippen LogP) is 1.84. The highest BCUT2D eigenvalue weighted by Gasteiger charge is 1.88. The normalized spacial score (nSPS) is 9.43. The third kappa shape index (κ3) is 1.16. The lowest BCUT2D eigenvalue weighted by Gasteiger charge is -1.81. The van der Waals surface area contributed by atoms with Gasteiger partial charge in [0.2, 0.25) is 0 Å². The van der Waals surface area contributed by atoms with E-state index in [1.54, 1.807) is 6.20 Å². The summed E-state index contributed by atoms with van der Waals surface area (Å²) in [6.07, 6.45) is 3.60. The van der Waals surface area contributed by atoms with E-state index in [1.165, 1.54) is 0 Å². The Kier molecular flexibility index (Phi) is 1.69. The molecule has 4 heteroatoms. The van der Waals surface area contributed by atoms with E-state index in [4.69, 9.17) is 0 Å². The van der Waals surface area contributed by atoms with E-state index in [9.17, 15) is 0 Å². The summed E-state index contributed by atoms with van der Waals surface area (Å²) >= 11 is 5.34. The van der Waals surface area contributed by atoms with Crippen molar-refractivity contribution in [2.75, 3.05) is 0 Å². The molecule has 0 amide bonds. The zero-order chi connectivity index (χ0) is 5.28. The molecule has 7 heavy (non-hydrogen) atoms. The molecule has 0 spiro atoms. The lowest BCUT2D eigenvalue weighted by Crippen LogP contribution is -1.71. The molecule has 38 valence electrons. The Balaban J connectivity index is 3.12. The fourth-order valence-electron chi connectivity index (χ4n) is 0.270. The summed E-state index contributed by atoms with van der Waals surface area (Å²) in [7, 11) is 0. The number of halogens is 2. The van der Waals surface area contributed by atoms with E-state index in [1.807, 2.05) is 8.98 Å². The van der Waals surface area contributed by atoms with Crippen molar-refractivity contribution in [3.63, 3.8) is 0 Å². The summed E-state index contributed by atoms with van der Waals surface area (Å²) in [5, 5.41) is 0. The fraction of sp³-hybridized carbons (Fsp3) is 0. The van der Waals surface area contributed by atoms with Gasteiger partial charge in [0.05, 0.1) is 22.9 Å². The molecule has 0 radical (unpaired) electrons. The highest BCUT2D eigenvalue weighted by molar-refractivity contribution is 14.1. The van der Waals surface area contributed by atoms with E-state index in [-0.39, 0.29) is 0 Å². The molecule has 0 saturated heterocycles. The molecule has 0 bridgehead atoms. The van der Waals surface area contributed by atoms with Gasteiger partial charge in [0.15, 0.2) is 4.73 Å². The maximum absolute atomic E-state index is 3.89. The summed E-state index contributed by atoms with van der Waals surface area (Å²) in [5.41, 5.74) is 0. The minimum atomic E-state index is 0.855. The maximum atomic E-state index is 3.89. The lowest BCUT2D eigenvalue weighted by atomic mass is 11.0. The van der Waals surface area contributed by atoms with E-state index in [0.29, 0.717) is 0 Å². The third-order valence-electron chi connectivity index (χ3n) is 0.555. The number of nitrogens with zero attached hydrogens (tertiary/aromatic N) is 2. The SMILES string of the molecule is Brc1nccn1I. The Morgan fingerprint density at radius 3 is 2.71 bits per heavy atom. The number of hydrogen-bond acceptors (Lipinski definition) is 1. The van der Waals surface area contributed by atoms with Crippen LogP contribution in [0.3, 0.4) is 0 Å². The van der Waals surface area contributed by atoms with Crippen molar-refractivity contribution in [2.24, 2.45) is 0 Å². The second-order valence-electron chi connectivity index (χ2n) is 1.01. The average molecular weight is 273 g/mol. The minimum absolute atomic E-state index is 0.855. The molecule has 1 aromatic heterocycles. The van der Waals surface area contributed by atoms with Gasteiger partial charge < -0.3 is 0 Å². The van der Waals surface area contributed by atoms with E-state index < -0.39 is 0 Å². The monoisotopic (exact) mass is 272 g/mol. The minimum Gasteiger partial charge on any atom is -0.267 e. The van der Waals surface area contributed by atoms with Crippen molar-refractivity contribution in [1.82, 2.24) is 7.76 Å². The standard InChI is InChI=1S/C3H2BrIN2/c4-3-6-1-2-7(3)5/h1-2H. The van der Waals surface area contributed by atoms with Crippen LogP contribution in [-0.4, -0.2) is 7.76 Å². The Hall–Kier alpha value is 0.420. The van der Waals surface area contributed by atoms with Crippen molar-refractivity contribution in [2.45, 2.75) is 0 Å². The van der Waals surface area contributed by atoms with Crippen LogP contribution in [-0.2, 0) is 0 Å². The quantitative estimate of drug-likeness (QED) is 0.659. The second-order valence-corrected chi connectivity index (χ2v) is 2.76. The Morgan fingerprint density at radius 1 is 1.86 bits per heavy atom. The van der Waals surface area contributed by atoms with Gasteiger partial charge in [-0.15, -0.1) is 0 Å². The molecule has 0 unspecified atom stereocenters. The number of imidazole rings is 1. The van der Waals surface area contributed by atoms with Crippen molar-refractivity contribution in [3.05, 3.63) is 17.1 Å². The van der Waals surface area contributed by atoms with Crippen LogP contribution in [0, 0.1) is 0 Å². The van der Waals surface area contributed by atoms with Crippen LogP contribution in [0.5, 0.6) is 0 Å². The predicted molar refractivity (Wildman–Crippen MR) is 39.3 cm³/mol. The third-order valence-corrected chi connectivity index (χ3v) is 2.58. The van der Waals surface area contributed by atoms with Crippen molar-refractivity contribution < 1.29 is 0 Å². The zero-order valence-corrected chi connectivity index (χ0v) is 7.05. The van der Waals surface area contributed by atoms with Gasteiger partial charge in [0.25, 0.3) is 0 Å². The molecule has 0 saturated carbocycles. The fourth-order valence-corrected chi connectivity index (χ4v) is 0.775. The van der Waals surface area contributed by atoms with Gasteiger partial charge in [-0.2, -0.15) is 0 Å². The summed E-state index contributed by atoms with van der Waals surface area (Å²) in [6.45, 7) is 0. The van der Waals surface area contributed by atoms with Gasteiger partial charge in [-0.3, -0.25) is 2.78 Å². The van der Waals surface area contributed by atoms with Crippen LogP contribution in [0.4, 0.5) is 0 Å². The number of aromatic nitrogens is 2. The maximum Gasteiger partial charge on any atom is 0.186 e. The van der Waals surface area contributed by atoms with Gasteiger partial charge >= 0.3 is 0 Å². The number of hydrogen-bond donors (Lipinski definition) is 0. The zero-order valence-electron chi connectivity index (χ0n) is 3.31. The molecule has 0 aliphatic heterocycles. The first kappa shape index (κ1) is 5.55. The summed E-state index contributed by atoms with van der Waals surface area (Å²) < 4.78 is 2.71. The summed E-state index contributed by atoms with van der Waals surface area (Å²) in [6, 6.07) is 0. The largest absolute Gasteiger partial charge is 0.267 e. The molecule has 2 nitrogen and oxygen atoms in total. The molecular weight excluding hydrogens is 271 g/mol. The number of rotatable bonds is 0. The Morgan fingerprint density at radius 2 is 2.57 bits per heavy atom. The van der Waals surface area contributed by atoms with Gasteiger partial charge in [0.1, 0.15) is 0 Å². The van der Waals surface area contributed by atoms with Crippen LogP contribution in [0.1, 0.15) is 0 Å². The molecule has 0 fully saturated rings. The van der Waals surface area contributed by atoms with Crippen molar-refractivity contribution in [1.29, 1.82) is 0 Å². The van der Waals surface area contributed by atoms with Crippen LogP contribution in [0.15, 0.2) is 17.1 Å². The Bertz CT molecular complexity index is 145. The van der Waals surface area contributed by atoms with Gasteiger partial charge in [-0.05, 0) is 15.9 Å².